The summed E-state index contributed by atoms with van der Waals surface area (Å²) in [4.78, 5) is 10.9. The quantitative estimate of drug-likeness (QED) is 0.249. The Morgan fingerprint density at radius 2 is 0.969 bits per heavy atom. The van der Waals surface area contributed by atoms with Gasteiger partial charge in [-0.2, -0.15) is 65.9 Å². The molecule has 192 valence electrons. The van der Waals surface area contributed by atoms with Crippen molar-refractivity contribution < 1.29 is 84.2 Å². The topological polar surface area (TPSA) is 26.3 Å². The molecule has 0 radical (unpaired) electrons. The lowest BCUT2D eigenvalue weighted by molar-refractivity contribution is -0.440. The van der Waals surface area contributed by atoms with Gasteiger partial charge in [-0.3, -0.25) is 4.79 Å². The maximum atomic E-state index is 13.3. The summed E-state index contributed by atoms with van der Waals surface area (Å²) in [6.45, 7) is -2.72. The lowest BCUT2D eigenvalue weighted by Gasteiger charge is -2.39. The number of carbonyl (C=O) groups is 1. The Kier molecular flexibility index (Phi) is 7.81. The summed E-state index contributed by atoms with van der Waals surface area (Å²) >= 11 is 0. The summed E-state index contributed by atoms with van der Waals surface area (Å²) in [6, 6.07) is 0. The Hall–Kier alpha value is -1.72. The van der Waals surface area contributed by atoms with Gasteiger partial charge in [-0.1, -0.05) is 0 Å². The van der Waals surface area contributed by atoms with Crippen LogP contribution in [0.1, 0.15) is 19.8 Å². The smallest absolute Gasteiger partial charge is 0.460 e. The number of esters is 1. The second-order valence-electron chi connectivity index (χ2n) is 6.24. The van der Waals surface area contributed by atoms with Crippen LogP contribution in [0.25, 0.3) is 0 Å². The molecule has 19 heteroatoms. The first-order chi connectivity index (χ1) is 13.6. The van der Waals surface area contributed by atoms with E-state index in [1.807, 2.05) is 0 Å². The van der Waals surface area contributed by atoms with E-state index in [0.717, 1.165) is 0 Å². The SMILES string of the molecule is CC(F)(F)C(F)(F)CC(=O)OCCC(F)(F)C(F)(F)C(F)(F)C(F)(F)C(F)(F)C(F)(F)F. The lowest BCUT2D eigenvalue weighted by atomic mass is 9.93. The zero-order valence-electron chi connectivity index (χ0n) is 14.9. The fourth-order valence-corrected chi connectivity index (χ4v) is 1.64. The fourth-order valence-electron chi connectivity index (χ4n) is 1.64. The zero-order valence-corrected chi connectivity index (χ0v) is 14.9. The maximum absolute atomic E-state index is 13.3. The summed E-state index contributed by atoms with van der Waals surface area (Å²) in [5.74, 6) is -50.9. The Morgan fingerprint density at radius 1 is 0.594 bits per heavy atom. The van der Waals surface area contributed by atoms with Crippen LogP contribution in [0, 0.1) is 0 Å². The van der Waals surface area contributed by atoms with Gasteiger partial charge in [0, 0.05) is 6.92 Å². The van der Waals surface area contributed by atoms with Crippen LogP contribution in [-0.2, 0) is 9.53 Å². The average molecular weight is 520 g/mol. The number of ether oxygens (including phenoxy) is 1. The molecule has 0 spiro atoms. The van der Waals surface area contributed by atoms with Crippen molar-refractivity contribution in [1.82, 2.24) is 0 Å². The molecular formula is C13H9F17O2. The molecule has 0 fully saturated rings. The van der Waals surface area contributed by atoms with E-state index in [4.69, 9.17) is 0 Å². The highest BCUT2D eigenvalue weighted by Gasteiger charge is 2.90. The first kappa shape index (κ1) is 30.3. The van der Waals surface area contributed by atoms with Crippen molar-refractivity contribution in [1.29, 1.82) is 0 Å². The summed E-state index contributed by atoms with van der Waals surface area (Å²) in [5, 5.41) is 0. The summed E-state index contributed by atoms with van der Waals surface area (Å²) in [7, 11) is 0. The van der Waals surface area contributed by atoms with E-state index in [9.17, 15) is 79.4 Å². The molecule has 0 saturated carbocycles. The number of alkyl halides is 17. The van der Waals surface area contributed by atoms with E-state index >= 15 is 0 Å². The van der Waals surface area contributed by atoms with Crippen LogP contribution < -0.4 is 0 Å². The van der Waals surface area contributed by atoms with Crippen molar-refractivity contribution in [3.63, 3.8) is 0 Å². The van der Waals surface area contributed by atoms with Crippen LogP contribution in [-0.4, -0.2) is 60.2 Å². The molecule has 32 heavy (non-hydrogen) atoms. The Labute approximate surface area is 165 Å². The van der Waals surface area contributed by atoms with Gasteiger partial charge in [0.15, 0.2) is 0 Å². The summed E-state index contributed by atoms with van der Waals surface area (Å²) < 4.78 is 221. The third kappa shape index (κ3) is 5.09. The third-order valence-electron chi connectivity index (χ3n) is 3.69. The monoisotopic (exact) mass is 520 g/mol. The van der Waals surface area contributed by atoms with E-state index in [1.165, 1.54) is 0 Å². The number of carbonyl (C=O) groups excluding carboxylic acids is 1. The van der Waals surface area contributed by atoms with Gasteiger partial charge in [-0.05, 0) is 0 Å². The largest absolute Gasteiger partial charge is 0.465 e. The third-order valence-corrected chi connectivity index (χ3v) is 3.69. The second kappa shape index (κ2) is 8.25. The van der Waals surface area contributed by atoms with Crippen molar-refractivity contribution in [2.45, 2.75) is 67.4 Å². The van der Waals surface area contributed by atoms with Crippen molar-refractivity contribution >= 4 is 5.97 Å². The van der Waals surface area contributed by atoms with Gasteiger partial charge in [-0.15, -0.1) is 0 Å². The van der Waals surface area contributed by atoms with Crippen LogP contribution in [0.4, 0.5) is 74.6 Å². The number of halogens is 17. The molecule has 0 N–H and O–H groups in total. The van der Waals surface area contributed by atoms with E-state index < -0.39 is 80.0 Å². The molecule has 0 aliphatic rings. The molecule has 0 unspecified atom stereocenters. The lowest BCUT2D eigenvalue weighted by Crippen LogP contribution is -2.70. The molecule has 0 aromatic carbocycles. The number of rotatable bonds is 10. The first-order valence-corrected chi connectivity index (χ1v) is 7.47. The van der Waals surface area contributed by atoms with E-state index in [1.54, 1.807) is 0 Å². The summed E-state index contributed by atoms with van der Waals surface area (Å²) in [5.41, 5.74) is 0. The summed E-state index contributed by atoms with van der Waals surface area (Å²) in [6.07, 6.45) is -13.1. The van der Waals surface area contributed by atoms with Gasteiger partial charge in [0.25, 0.3) is 0 Å². The minimum absolute atomic E-state index is 0.409. The predicted octanol–water partition coefficient (Wildman–Crippen LogP) is 6.34. The molecule has 0 aromatic heterocycles. The van der Waals surface area contributed by atoms with E-state index in [-0.39, 0.29) is 0 Å². The van der Waals surface area contributed by atoms with Crippen LogP contribution in [0.5, 0.6) is 0 Å². The highest BCUT2D eigenvalue weighted by Crippen LogP contribution is 2.60. The maximum Gasteiger partial charge on any atom is 0.460 e. The van der Waals surface area contributed by atoms with Crippen molar-refractivity contribution in [3.8, 4) is 0 Å². The van der Waals surface area contributed by atoms with E-state index in [2.05, 4.69) is 4.74 Å². The van der Waals surface area contributed by atoms with Crippen molar-refractivity contribution in [3.05, 3.63) is 0 Å². The number of hydrogen-bond acceptors (Lipinski definition) is 2. The second-order valence-corrected chi connectivity index (χ2v) is 6.24. The van der Waals surface area contributed by atoms with Crippen LogP contribution in [0.15, 0.2) is 0 Å². The van der Waals surface area contributed by atoms with E-state index in [0.29, 0.717) is 0 Å². The van der Waals surface area contributed by atoms with Gasteiger partial charge < -0.3 is 4.74 Å². The molecule has 0 aromatic rings. The molecule has 0 saturated heterocycles. The highest BCUT2D eigenvalue weighted by atomic mass is 19.4. The molecule has 0 bridgehead atoms. The Balaban J connectivity index is 5.60. The number of hydrogen-bond donors (Lipinski definition) is 0. The van der Waals surface area contributed by atoms with Gasteiger partial charge >= 0.3 is 53.6 Å². The highest BCUT2D eigenvalue weighted by molar-refractivity contribution is 5.70. The molecule has 0 atom stereocenters. The molecule has 0 aliphatic heterocycles. The normalized spacial score (nSPS) is 15.7. The average Bonchev–Trinajstić information content (AvgIpc) is 2.51. The molecule has 0 rings (SSSR count). The molecule has 0 heterocycles. The fraction of sp³-hybridized carbons (Fsp3) is 0.923. The first-order valence-electron chi connectivity index (χ1n) is 7.47. The van der Waals surface area contributed by atoms with Gasteiger partial charge in [0.1, 0.15) is 6.42 Å². The standard InChI is InChI=1S/C13H9F17O2/c1-6(14,15)8(18,19)4-5(31)32-3-2-7(16,17)9(20,21)10(22,23)11(24,25)12(26,27)13(28,29)30/h2-4H2,1H3. The van der Waals surface area contributed by atoms with Crippen LogP contribution in [0.3, 0.4) is 0 Å². The van der Waals surface area contributed by atoms with Gasteiger partial charge in [-0.25, -0.2) is 8.78 Å². The van der Waals surface area contributed by atoms with Crippen molar-refractivity contribution in [2.24, 2.45) is 0 Å². The molecule has 0 amide bonds. The predicted molar refractivity (Wildman–Crippen MR) is 66.6 cm³/mol. The van der Waals surface area contributed by atoms with Gasteiger partial charge in [0.05, 0.1) is 13.0 Å². The van der Waals surface area contributed by atoms with Crippen LogP contribution in [0.2, 0.25) is 0 Å². The molecule has 2 nitrogen and oxygen atoms in total. The molecular weight excluding hydrogens is 511 g/mol. The Morgan fingerprint density at radius 3 is 1.31 bits per heavy atom. The molecule has 0 aliphatic carbocycles. The zero-order chi connectivity index (χ0) is 26.4. The Bertz CT molecular complexity index is 673. The minimum Gasteiger partial charge on any atom is -0.465 e. The van der Waals surface area contributed by atoms with Crippen molar-refractivity contribution in [2.75, 3.05) is 6.61 Å². The van der Waals surface area contributed by atoms with Gasteiger partial charge in [0.2, 0.25) is 0 Å². The minimum atomic E-state index is -8.13. The van der Waals surface area contributed by atoms with Crippen LogP contribution >= 0.6 is 0 Å².